The maximum atomic E-state index is 12.3. The second-order valence-corrected chi connectivity index (χ2v) is 6.88. The number of hydrogen-bond donors (Lipinski definition) is 1. The molecule has 1 aromatic rings. The van der Waals surface area contributed by atoms with Crippen LogP contribution in [0, 0.1) is 0 Å². The normalized spacial score (nSPS) is 16.6. The number of nitrogens with zero attached hydrogens (tertiary/aromatic N) is 2. The number of thioether (sulfide) groups is 1. The van der Waals surface area contributed by atoms with Crippen molar-refractivity contribution in [2.45, 2.75) is 50.7 Å². The van der Waals surface area contributed by atoms with E-state index in [0.29, 0.717) is 26.2 Å². The maximum absolute atomic E-state index is 12.3. The van der Waals surface area contributed by atoms with Crippen LogP contribution in [0.1, 0.15) is 51.3 Å². The van der Waals surface area contributed by atoms with E-state index in [-0.39, 0.29) is 23.4 Å². The summed E-state index contributed by atoms with van der Waals surface area (Å²) < 4.78 is 6.90. The van der Waals surface area contributed by atoms with Crippen LogP contribution in [0.5, 0.6) is 0 Å². The Morgan fingerprint density at radius 2 is 2.35 bits per heavy atom. The Labute approximate surface area is 141 Å². The summed E-state index contributed by atoms with van der Waals surface area (Å²) in [7, 11) is 0. The van der Waals surface area contributed by atoms with Gasteiger partial charge in [-0.15, -0.1) is 0 Å². The predicted octanol–water partition coefficient (Wildman–Crippen LogP) is 1.95. The first-order valence-corrected chi connectivity index (χ1v) is 9.12. The van der Waals surface area contributed by atoms with Gasteiger partial charge < -0.3 is 10.1 Å². The van der Waals surface area contributed by atoms with Gasteiger partial charge in [0.1, 0.15) is 0 Å². The average Bonchev–Trinajstić information content (AvgIpc) is 2.90. The van der Waals surface area contributed by atoms with Crippen molar-refractivity contribution in [1.29, 1.82) is 0 Å². The number of aromatic nitrogens is 2. The Bertz CT molecular complexity index is 601. The fraction of sp³-hybridized carbons (Fsp3) is 0.688. The van der Waals surface area contributed by atoms with Crippen molar-refractivity contribution >= 4 is 17.7 Å². The van der Waals surface area contributed by atoms with Gasteiger partial charge in [-0.1, -0.05) is 25.6 Å². The van der Waals surface area contributed by atoms with Gasteiger partial charge in [0.15, 0.2) is 5.16 Å². The van der Waals surface area contributed by atoms with Crippen LogP contribution in [-0.2, 0) is 9.53 Å². The van der Waals surface area contributed by atoms with E-state index in [2.05, 4.69) is 10.3 Å². The Morgan fingerprint density at radius 1 is 1.57 bits per heavy atom. The lowest BCUT2D eigenvalue weighted by Gasteiger charge is -2.14. The Hall–Kier alpha value is -1.34. The van der Waals surface area contributed by atoms with Gasteiger partial charge in [0, 0.05) is 38.0 Å². The summed E-state index contributed by atoms with van der Waals surface area (Å²) in [5, 5.41) is 3.62. The fourth-order valence-electron chi connectivity index (χ4n) is 2.45. The lowest BCUT2D eigenvalue weighted by atomic mass is 10.1. The summed E-state index contributed by atoms with van der Waals surface area (Å²) in [6, 6.07) is 1.48. The minimum atomic E-state index is -0.108. The van der Waals surface area contributed by atoms with Gasteiger partial charge in [-0.05, 0) is 19.3 Å². The molecule has 7 heteroatoms. The third-order valence-electron chi connectivity index (χ3n) is 3.71. The molecule has 0 spiro atoms. The number of carbonyl (C=O) groups is 1. The summed E-state index contributed by atoms with van der Waals surface area (Å²) in [5.74, 6) is 0.914. The molecule has 0 aromatic carbocycles. The summed E-state index contributed by atoms with van der Waals surface area (Å²) in [6.07, 6.45) is 1.12. The van der Waals surface area contributed by atoms with Gasteiger partial charge in [-0.2, -0.15) is 0 Å². The van der Waals surface area contributed by atoms with Gasteiger partial charge in [0.05, 0.1) is 11.7 Å². The summed E-state index contributed by atoms with van der Waals surface area (Å²) >= 11 is 1.55. The van der Waals surface area contributed by atoms with E-state index < -0.39 is 0 Å². The second-order valence-electron chi connectivity index (χ2n) is 5.90. The van der Waals surface area contributed by atoms with Crippen LogP contribution in [0.3, 0.4) is 0 Å². The first-order chi connectivity index (χ1) is 11.0. The van der Waals surface area contributed by atoms with Crippen molar-refractivity contribution in [3.63, 3.8) is 0 Å². The van der Waals surface area contributed by atoms with Crippen LogP contribution in [-0.4, -0.2) is 41.0 Å². The van der Waals surface area contributed by atoms with Crippen LogP contribution < -0.4 is 10.9 Å². The topological polar surface area (TPSA) is 73.2 Å². The number of hydrogen-bond acceptors (Lipinski definition) is 5. The maximum Gasteiger partial charge on any atom is 0.254 e. The van der Waals surface area contributed by atoms with E-state index in [1.54, 1.807) is 22.4 Å². The monoisotopic (exact) mass is 339 g/mol. The SMILES string of the molecule is CCOCCCNC(=O)CC1CSc2nc(C(C)C)cc(=O)n21. The molecule has 1 aliphatic rings. The first kappa shape index (κ1) is 18.0. The minimum absolute atomic E-state index is 0.0280. The third-order valence-corrected chi connectivity index (χ3v) is 4.81. The number of nitrogens with one attached hydrogen (secondary N) is 1. The Kier molecular flexibility index (Phi) is 6.65. The van der Waals surface area contributed by atoms with Crippen LogP contribution in [0.15, 0.2) is 16.0 Å². The molecule has 0 saturated carbocycles. The zero-order valence-electron chi connectivity index (χ0n) is 14.0. The van der Waals surface area contributed by atoms with Crippen molar-refractivity contribution in [3.8, 4) is 0 Å². The molecule has 2 rings (SSSR count). The molecule has 0 bridgehead atoms. The number of rotatable bonds is 8. The second kappa shape index (κ2) is 8.49. The molecule has 1 amide bonds. The zero-order valence-corrected chi connectivity index (χ0v) is 14.8. The van der Waals surface area contributed by atoms with Gasteiger partial charge >= 0.3 is 0 Å². The summed E-state index contributed by atoms with van der Waals surface area (Å²) in [4.78, 5) is 28.9. The van der Waals surface area contributed by atoms with E-state index in [9.17, 15) is 9.59 Å². The molecule has 0 fully saturated rings. The molecule has 0 radical (unpaired) electrons. The Morgan fingerprint density at radius 3 is 3.04 bits per heavy atom. The lowest BCUT2D eigenvalue weighted by molar-refractivity contribution is -0.121. The average molecular weight is 339 g/mol. The molecule has 1 unspecified atom stereocenters. The van der Waals surface area contributed by atoms with Crippen molar-refractivity contribution in [3.05, 3.63) is 22.1 Å². The van der Waals surface area contributed by atoms with E-state index in [0.717, 1.165) is 23.0 Å². The van der Waals surface area contributed by atoms with E-state index in [1.165, 1.54) is 0 Å². The van der Waals surface area contributed by atoms with Crippen LogP contribution in [0.25, 0.3) is 0 Å². The number of fused-ring (bicyclic) bond motifs is 1. The van der Waals surface area contributed by atoms with E-state index in [1.807, 2.05) is 20.8 Å². The van der Waals surface area contributed by atoms with Gasteiger partial charge in [0.2, 0.25) is 5.91 Å². The van der Waals surface area contributed by atoms with Crippen molar-refractivity contribution in [2.24, 2.45) is 0 Å². The van der Waals surface area contributed by atoms with Crippen molar-refractivity contribution < 1.29 is 9.53 Å². The predicted molar refractivity (Wildman–Crippen MR) is 91.1 cm³/mol. The highest BCUT2D eigenvalue weighted by Crippen LogP contribution is 2.32. The van der Waals surface area contributed by atoms with Gasteiger partial charge in [-0.25, -0.2) is 4.98 Å². The molecule has 23 heavy (non-hydrogen) atoms. The molecule has 0 saturated heterocycles. The minimum Gasteiger partial charge on any atom is -0.382 e. The number of carbonyl (C=O) groups excluding carboxylic acids is 1. The molecule has 0 aliphatic carbocycles. The third kappa shape index (κ3) is 4.81. The van der Waals surface area contributed by atoms with Crippen LogP contribution in [0.2, 0.25) is 0 Å². The van der Waals surface area contributed by atoms with Gasteiger partial charge in [-0.3, -0.25) is 14.2 Å². The molecule has 1 aromatic heterocycles. The van der Waals surface area contributed by atoms with Crippen molar-refractivity contribution in [2.75, 3.05) is 25.5 Å². The lowest BCUT2D eigenvalue weighted by Crippen LogP contribution is -2.31. The highest BCUT2D eigenvalue weighted by Gasteiger charge is 2.27. The molecule has 128 valence electrons. The largest absolute Gasteiger partial charge is 0.382 e. The summed E-state index contributed by atoms with van der Waals surface area (Å²) in [6.45, 7) is 7.94. The quantitative estimate of drug-likeness (QED) is 0.579. The first-order valence-electron chi connectivity index (χ1n) is 8.13. The highest BCUT2D eigenvalue weighted by atomic mass is 32.2. The fourth-order valence-corrected chi connectivity index (χ4v) is 3.61. The standard InChI is InChI=1S/C16H25N3O3S/c1-4-22-7-5-6-17-14(20)8-12-10-23-16-18-13(11(2)3)9-15(21)19(12)16/h9,11-12H,4-8,10H2,1-3H3,(H,17,20). The van der Waals surface area contributed by atoms with E-state index in [4.69, 9.17) is 4.74 Å². The van der Waals surface area contributed by atoms with Gasteiger partial charge in [0.25, 0.3) is 5.56 Å². The highest BCUT2D eigenvalue weighted by molar-refractivity contribution is 7.99. The Balaban J connectivity index is 1.92. The molecule has 6 nitrogen and oxygen atoms in total. The summed E-state index contributed by atoms with van der Waals surface area (Å²) in [5.41, 5.74) is 0.757. The molecule has 1 atom stereocenters. The molecule has 1 aliphatic heterocycles. The number of amides is 1. The zero-order chi connectivity index (χ0) is 16.8. The van der Waals surface area contributed by atoms with E-state index >= 15 is 0 Å². The van der Waals surface area contributed by atoms with Crippen LogP contribution >= 0.6 is 11.8 Å². The molecule has 1 N–H and O–H groups in total. The van der Waals surface area contributed by atoms with Crippen LogP contribution in [0.4, 0.5) is 0 Å². The molecular formula is C16H25N3O3S. The smallest absolute Gasteiger partial charge is 0.254 e. The van der Waals surface area contributed by atoms with Crippen molar-refractivity contribution in [1.82, 2.24) is 14.9 Å². The molecule has 2 heterocycles. The number of ether oxygens (including phenoxy) is 1. The molecular weight excluding hydrogens is 314 g/mol.